The van der Waals surface area contributed by atoms with E-state index >= 15 is 0 Å². The van der Waals surface area contributed by atoms with Crippen LogP contribution in [-0.4, -0.2) is 38.2 Å². The predicted molar refractivity (Wildman–Crippen MR) is 81.4 cm³/mol. The molecule has 0 N–H and O–H groups in total. The maximum Gasteiger partial charge on any atom is 0.304 e. The fourth-order valence-electron chi connectivity index (χ4n) is 2.98. The lowest BCUT2D eigenvalue weighted by molar-refractivity contribution is 0.289. The molecule has 2 aliphatic rings. The van der Waals surface area contributed by atoms with Crippen LogP contribution in [0.4, 0.5) is 5.69 Å². The number of fused-ring (bicyclic) bond motifs is 1. The zero-order chi connectivity index (χ0) is 14.2. The number of benzene rings is 1. The number of para-hydroxylation sites is 1. The number of alkyl halides is 1. The first-order valence-electron chi connectivity index (χ1n) is 7.04. The molecule has 1 saturated heterocycles. The van der Waals surface area contributed by atoms with Crippen molar-refractivity contribution in [1.29, 1.82) is 0 Å². The maximum absolute atomic E-state index is 12.8. The summed E-state index contributed by atoms with van der Waals surface area (Å²) < 4.78 is 28.7. The van der Waals surface area contributed by atoms with E-state index < -0.39 is 10.2 Å². The molecular formula is C14H19ClN2O2S. The molecule has 0 radical (unpaired) electrons. The van der Waals surface area contributed by atoms with E-state index in [1.54, 1.807) is 8.61 Å². The van der Waals surface area contributed by atoms with Gasteiger partial charge in [-0.1, -0.05) is 18.2 Å². The molecule has 4 nitrogen and oxygen atoms in total. The highest BCUT2D eigenvalue weighted by Crippen LogP contribution is 2.32. The Morgan fingerprint density at radius 2 is 1.85 bits per heavy atom. The zero-order valence-electron chi connectivity index (χ0n) is 11.3. The molecule has 2 heterocycles. The van der Waals surface area contributed by atoms with Crippen molar-refractivity contribution in [2.75, 3.05) is 29.8 Å². The molecule has 3 rings (SSSR count). The summed E-state index contributed by atoms with van der Waals surface area (Å²) in [6.45, 7) is 1.72. The van der Waals surface area contributed by atoms with E-state index in [9.17, 15) is 8.42 Å². The number of hydrogen-bond donors (Lipinski definition) is 0. The molecule has 1 fully saturated rings. The first kappa shape index (κ1) is 14.2. The minimum Gasteiger partial charge on any atom is -0.257 e. The van der Waals surface area contributed by atoms with Crippen LogP contribution < -0.4 is 4.31 Å². The molecule has 1 aromatic rings. The Kier molecular flexibility index (Phi) is 3.93. The molecular weight excluding hydrogens is 296 g/mol. The van der Waals surface area contributed by atoms with Gasteiger partial charge in [-0.05, 0) is 36.8 Å². The Hall–Kier alpha value is -0.780. The average molecular weight is 315 g/mol. The van der Waals surface area contributed by atoms with Crippen molar-refractivity contribution in [2.24, 2.45) is 5.92 Å². The Labute approximate surface area is 125 Å². The minimum absolute atomic E-state index is 0.453. The highest BCUT2D eigenvalue weighted by Gasteiger charge is 2.35. The normalized spacial score (nSPS) is 21.1. The predicted octanol–water partition coefficient (Wildman–Crippen LogP) is 2.24. The van der Waals surface area contributed by atoms with Crippen molar-refractivity contribution in [1.82, 2.24) is 4.31 Å². The molecule has 6 heteroatoms. The lowest BCUT2D eigenvalue weighted by Crippen LogP contribution is -2.47. The summed E-state index contributed by atoms with van der Waals surface area (Å²) in [6.07, 6.45) is 2.52. The van der Waals surface area contributed by atoms with Crippen LogP contribution in [-0.2, 0) is 16.6 Å². The van der Waals surface area contributed by atoms with E-state index in [2.05, 4.69) is 0 Å². The molecule has 110 valence electrons. The van der Waals surface area contributed by atoms with Gasteiger partial charge in [0.2, 0.25) is 0 Å². The Balaban J connectivity index is 1.80. The largest absolute Gasteiger partial charge is 0.304 e. The minimum atomic E-state index is -3.38. The molecule has 0 bridgehead atoms. The Morgan fingerprint density at radius 3 is 2.55 bits per heavy atom. The van der Waals surface area contributed by atoms with Gasteiger partial charge in [-0.2, -0.15) is 12.7 Å². The third-order valence-corrected chi connectivity index (χ3v) is 6.63. The highest BCUT2D eigenvalue weighted by molar-refractivity contribution is 7.90. The fourth-order valence-corrected chi connectivity index (χ4v) is 4.99. The second-order valence-corrected chi connectivity index (χ2v) is 7.62. The second-order valence-electron chi connectivity index (χ2n) is 5.46. The van der Waals surface area contributed by atoms with Gasteiger partial charge < -0.3 is 0 Å². The van der Waals surface area contributed by atoms with Crippen molar-refractivity contribution in [3.8, 4) is 0 Å². The molecule has 0 atom stereocenters. The molecule has 2 aliphatic heterocycles. The number of hydrogen-bond acceptors (Lipinski definition) is 2. The number of nitrogens with zero attached hydrogens (tertiary/aromatic N) is 2. The summed E-state index contributed by atoms with van der Waals surface area (Å²) in [6, 6.07) is 7.75. The number of anilines is 1. The quantitative estimate of drug-likeness (QED) is 0.803. The Bertz CT molecular complexity index is 583. The number of halogens is 1. The van der Waals surface area contributed by atoms with E-state index in [4.69, 9.17) is 11.6 Å². The SMILES string of the molecule is O=S(=O)(N1CCC(CCl)CC1)N1CCc2ccccc21. The standard InChI is InChI=1S/C14H19ClN2O2S/c15-11-12-5-8-16(9-6-12)20(18,19)17-10-7-13-3-1-2-4-14(13)17/h1-4,12H,5-11H2. The molecule has 0 aliphatic carbocycles. The van der Waals surface area contributed by atoms with Gasteiger partial charge in [-0.15, -0.1) is 11.6 Å². The van der Waals surface area contributed by atoms with Crippen LogP contribution in [0.3, 0.4) is 0 Å². The van der Waals surface area contributed by atoms with Crippen molar-refractivity contribution in [3.63, 3.8) is 0 Å². The van der Waals surface area contributed by atoms with E-state index in [0.717, 1.165) is 30.5 Å². The van der Waals surface area contributed by atoms with E-state index in [1.165, 1.54) is 0 Å². The summed E-state index contributed by atoms with van der Waals surface area (Å²) in [5.74, 6) is 1.08. The highest BCUT2D eigenvalue weighted by atomic mass is 35.5. The lowest BCUT2D eigenvalue weighted by Gasteiger charge is -2.33. The molecule has 0 aromatic heterocycles. The van der Waals surface area contributed by atoms with Crippen molar-refractivity contribution >= 4 is 27.5 Å². The topological polar surface area (TPSA) is 40.6 Å². The summed E-state index contributed by atoms with van der Waals surface area (Å²) in [5, 5.41) is 0. The summed E-state index contributed by atoms with van der Waals surface area (Å²) >= 11 is 5.86. The smallest absolute Gasteiger partial charge is 0.257 e. The van der Waals surface area contributed by atoms with Crippen LogP contribution in [0.2, 0.25) is 0 Å². The van der Waals surface area contributed by atoms with Gasteiger partial charge in [-0.25, -0.2) is 0 Å². The first-order valence-corrected chi connectivity index (χ1v) is 8.98. The molecule has 0 spiro atoms. The van der Waals surface area contributed by atoms with Gasteiger partial charge >= 0.3 is 10.2 Å². The lowest BCUT2D eigenvalue weighted by atomic mass is 10.0. The van der Waals surface area contributed by atoms with E-state index in [-0.39, 0.29) is 0 Å². The molecule has 20 heavy (non-hydrogen) atoms. The van der Waals surface area contributed by atoms with Gasteiger partial charge in [0.05, 0.1) is 5.69 Å². The van der Waals surface area contributed by atoms with Crippen LogP contribution in [0.25, 0.3) is 0 Å². The van der Waals surface area contributed by atoms with Crippen LogP contribution >= 0.6 is 11.6 Å². The van der Waals surface area contributed by atoms with Crippen LogP contribution in [0.15, 0.2) is 24.3 Å². The Morgan fingerprint density at radius 1 is 1.15 bits per heavy atom. The van der Waals surface area contributed by atoms with Crippen molar-refractivity contribution in [3.05, 3.63) is 29.8 Å². The third-order valence-electron chi connectivity index (χ3n) is 4.24. The van der Waals surface area contributed by atoms with Gasteiger partial charge in [-0.3, -0.25) is 4.31 Å². The van der Waals surface area contributed by atoms with E-state index in [1.807, 2.05) is 24.3 Å². The molecule has 0 saturated carbocycles. The van der Waals surface area contributed by atoms with Gasteiger partial charge in [0.15, 0.2) is 0 Å². The molecule has 1 aromatic carbocycles. The van der Waals surface area contributed by atoms with Gasteiger partial charge in [0.25, 0.3) is 0 Å². The molecule has 0 amide bonds. The summed E-state index contributed by atoms with van der Waals surface area (Å²) in [4.78, 5) is 0. The van der Waals surface area contributed by atoms with Crippen LogP contribution in [0, 0.1) is 5.92 Å². The third kappa shape index (κ3) is 2.43. The monoisotopic (exact) mass is 314 g/mol. The number of piperidine rings is 1. The average Bonchev–Trinajstić information content (AvgIpc) is 2.92. The van der Waals surface area contributed by atoms with Crippen LogP contribution in [0.5, 0.6) is 0 Å². The first-order chi connectivity index (χ1) is 9.63. The summed E-state index contributed by atoms with van der Waals surface area (Å²) in [5.41, 5.74) is 1.96. The summed E-state index contributed by atoms with van der Waals surface area (Å²) in [7, 11) is -3.38. The van der Waals surface area contributed by atoms with Crippen molar-refractivity contribution in [2.45, 2.75) is 19.3 Å². The maximum atomic E-state index is 12.8. The molecule has 0 unspecified atom stereocenters. The number of rotatable bonds is 3. The zero-order valence-corrected chi connectivity index (χ0v) is 12.9. The van der Waals surface area contributed by atoms with Gasteiger partial charge in [0.1, 0.15) is 0 Å². The second kappa shape index (κ2) is 5.54. The fraction of sp³-hybridized carbons (Fsp3) is 0.571. The van der Waals surface area contributed by atoms with Crippen molar-refractivity contribution < 1.29 is 8.42 Å². The van der Waals surface area contributed by atoms with E-state index in [0.29, 0.717) is 31.4 Å². The van der Waals surface area contributed by atoms with Gasteiger partial charge in [0, 0.05) is 25.5 Å². The van der Waals surface area contributed by atoms with Crippen LogP contribution in [0.1, 0.15) is 18.4 Å².